The Balaban J connectivity index is 0. The highest BCUT2D eigenvalue weighted by Gasteiger charge is 2.13. The van der Waals surface area contributed by atoms with Crippen LogP contribution in [0.25, 0.3) is 0 Å². The zero-order valence-electron chi connectivity index (χ0n) is 12.1. The molecule has 0 aromatic rings. The van der Waals surface area contributed by atoms with Gasteiger partial charge in [0.05, 0.1) is 27.1 Å². The third-order valence-corrected chi connectivity index (χ3v) is 2.31. The molecule has 0 rings (SSSR count). The highest BCUT2D eigenvalue weighted by atomic mass is 16.5. The van der Waals surface area contributed by atoms with Gasteiger partial charge in [0.15, 0.2) is 0 Å². The quantitative estimate of drug-likeness (QED) is 0.396. The number of nitrogens with two attached hydrogens (primary N) is 2. The molecule has 20 heavy (non-hydrogen) atoms. The van der Waals surface area contributed by atoms with E-state index in [4.69, 9.17) is 21.7 Å². The van der Waals surface area contributed by atoms with E-state index in [1.165, 1.54) is 14.2 Å². The maximum atomic E-state index is 10.6. The van der Waals surface area contributed by atoms with Gasteiger partial charge in [-0.25, -0.2) is 0 Å². The smallest absolute Gasteiger partial charge is 0.307 e. The minimum absolute atomic E-state index is 0.0333. The third-order valence-electron chi connectivity index (χ3n) is 2.31. The SMILES string of the molecule is COC(=O)CC(N)CC(=O)OC.NC(CCO)CCO. The standard InChI is InChI=1S/C7H13NO4.C5H13NO2/c1-11-6(9)3-5(8)4-7(10)12-2;6-5(1-3-7)2-4-8/h5H,3-4,8H2,1-2H3;5,7-8H,1-4,6H2. The van der Waals surface area contributed by atoms with Crippen LogP contribution in [0.15, 0.2) is 0 Å². The van der Waals surface area contributed by atoms with Gasteiger partial charge in [-0.15, -0.1) is 0 Å². The van der Waals surface area contributed by atoms with Crippen LogP contribution in [-0.2, 0) is 19.1 Å². The van der Waals surface area contributed by atoms with Crippen LogP contribution < -0.4 is 11.5 Å². The van der Waals surface area contributed by atoms with Crippen LogP contribution >= 0.6 is 0 Å². The number of esters is 2. The first-order chi connectivity index (χ1) is 9.40. The molecule has 0 radical (unpaired) electrons. The molecule has 0 unspecified atom stereocenters. The molecule has 0 bridgehead atoms. The summed E-state index contributed by atoms with van der Waals surface area (Å²) in [6, 6.07) is -0.560. The molecule has 0 saturated carbocycles. The fourth-order valence-electron chi connectivity index (χ4n) is 1.14. The molecule has 8 nitrogen and oxygen atoms in total. The lowest BCUT2D eigenvalue weighted by Crippen LogP contribution is -2.27. The predicted molar refractivity (Wildman–Crippen MR) is 72.6 cm³/mol. The lowest BCUT2D eigenvalue weighted by atomic mass is 10.1. The Morgan fingerprint density at radius 2 is 1.25 bits per heavy atom. The van der Waals surface area contributed by atoms with Crippen molar-refractivity contribution in [3.63, 3.8) is 0 Å². The molecule has 0 aliphatic heterocycles. The first kappa shape index (κ1) is 21.1. The number of rotatable bonds is 8. The molecule has 120 valence electrons. The Bertz CT molecular complexity index is 238. The highest BCUT2D eigenvalue weighted by Crippen LogP contribution is 1.97. The number of aliphatic hydroxyl groups is 2. The summed E-state index contributed by atoms with van der Waals surface area (Å²) in [4.78, 5) is 21.3. The van der Waals surface area contributed by atoms with Gasteiger partial charge >= 0.3 is 11.9 Å². The summed E-state index contributed by atoms with van der Waals surface area (Å²) in [5.41, 5.74) is 10.8. The number of ether oxygens (including phenoxy) is 2. The van der Waals surface area contributed by atoms with Gasteiger partial charge in [0, 0.05) is 25.3 Å². The van der Waals surface area contributed by atoms with Crippen molar-refractivity contribution in [1.82, 2.24) is 0 Å². The fraction of sp³-hybridized carbons (Fsp3) is 0.833. The number of carbonyl (C=O) groups excluding carboxylic acids is 2. The van der Waals surface area contributed by atoms with Crippen LogP contribution in [0.3, 0.4) is 0 Å². The summed E-state index contributed by atoms with van der Waals surface area (Å²) in [6.07, 6.45) is 1.23. The molecule has 0 spiro atoms. The van der Waals surface area contributed by atoms with Crippen molar-refractivity contribution in [3.8, 4) is 0 Å². The molecule has 0 aromatic heterocycles. The second-order valence-corrected chi connectivity index (χ2v) is 4.11. The van der Waals surface area contributed by atoms with Crippen molar-refractivity contribution in [1.29, 1.82) is 0 Å². The highest BCUT2D eigenvalue weighted by molar-refractivity contribution is 5.73. The summed E-state index contributed by atoms with van der Waals surface area (Å²) in [5, 5.41) is 16.6. The number of carbonyl (C=O) groups is 2. The van der Waals surface area contributed by atoms with Crippen LogP contribution in [0.5, 0.6) is 0 Å². The van der Waals surface area contributed by atoms with E-state index in [2.05, 4.69) is 9.47 Å². The molecule has 0 aromatic carbocycles. The zero-order valence-corrected chi connectivity index (χ0v) is 12.1. The van der Waals surface area contributed by atoms with Gasteiger partial charge in [0.2, 0.25) is 0 Å². The van der Waals surface area contributed by atoms with E-state index in [0.29, 0.717) is 12.8 Å². The third kappa shape index (κ3) is 14.8. The van der Waals surface area contributed by atoms with Gasteiger partial charge in [-0.2, -0.15) is 0 Å². The zero-order chi connectivity index (χ0) is 16.0. The molecule has 0 heterocycles. The Morgan fingerprint density at radius 3 is 1.50 bits per heavy atom. The molecular formula is C12H26N2O6. The number of aliphatic hydroxyl groups excluding tert-OH is 2. The molecule has 0 atom stereocenters. The van der Waals surface area contributed by atoms with E-state index >= 15 is 0 Å². The van der Waals surface area contributed by atoms with E-state index in [-0.39, 0.29) is 32.1 Å². The Morgan fingerprint density at radius 1 is 0.900 bits per heavy atom. The van der Waals surface area contributed by atoms with Gasteiger partial charge in [-0.3, -0.25) is 9.59 Å². The van der Waals surface area contributed by atoms with Crippen LogP contribution in [-0.4, -0.2) is 61.7 Å². The lowest BCUT2D eigenvalue weighted by molar-refractivity contribution is -0.142. The predicted octanol–water partition coefficient (Wildman–Crippen LogP) is -1.48. The van der Waals surface area contributed by atoms with Crippen molar-refractivity contribution in [2.75, 3.05) is 27.4 Å². The second-order valence-electron chi connectivity index (χ2n) is 4.11. The molecule has 0 aliphatic carbocycles. The summed E-state index contributed by atoms with van der Waals surface area (Å²) in [5.74, 6) is -0.849. The van der Waals surface area contributed by atoms with Gasteiger partial charge in [-0.05, 0) is 12.8 Å². The van der Waals surface area contributed by atoms with E-state index in [0.717, 1.165) is 0 Å². The monoisotopic (exact) mass is 294 g/mol. The molecule has 0 aliphatic rings. The van der Waals surface area contributed by atoms with Crippen molar-refractivity contribution < 1.29 is 29.3 Å². The summed E-state index contributed by atoms with van der Waals surface area (Å²) in [7, 11) is 2.54. The minimum Gasteiger partial charge on any atom is -0.469 e. The van der Waals surface area contributed by atoms with Gasteiger partial charge in [0.25, 0.3) is 0 Å². The molecule has 0 fully saturated rings. The largest absolute Gasteiger partial charge is 0.469 e. The van der Waals surface area contributed by atoms with Crippen molar-refractivity contribution in [2.24, 2.45) is 11.5 Å². The van der Waals surface area contributed by atoms with E-state index in [1.807, 2.05) is 0 Å². The van der Waals surface area contributed by atoms with Gasteiger partial charge in [-0.1, -0.05) is 0 Å². The first-order valence-corrected chi connectivity index (χ1v) is 6.27. The summed E-state index contributed by atoms with van der Waals surface area (Å²) >= 11 is 0. The van der Waals surface area contributed by atoms with E-state index in [9.17, 15) is 9.59 Å². The minimum atomic E-state index is -0.523. The average Bonchev–Trinajstić information content (AvgIpc) is 2.39. The topological polar surface area (TPSA) is 145 Å². The molecule has 8 heteroatoms. The average molecular weight is 294 g/mol. The first-order valence-electron chi connectivity index (χ1n) is 6.27. The van der Waals surface area contributed by atoms with Gasteiger partial charge < -0.3 is 31.2 Å². The fourth-order valence-corrected chi connectivity index (χ4v) is 1.14. The van der Waals surface area contributed by atoms with Crippen LogP contribution in [0.2, 0.25) is 0 Å². The maximum absolute atomic E-state index is 10.6. The van der Waals surface area contributed by atoms with Crippen LogP contribution in [0, 0.1) is 0 Å². The normalized spacial score (nSPS) is 10.0. The number of hydrogen-bond acceptors (Lipinski definition) is 8. The Hall–Kier alpha value is -1.22. The van der Waals surface area contributed by atoms with Crippen LogP contribution in [0.1, 0.15) is 25.7 Å². The Labute approximate surface area is 119 Å². The number of methoxy groups -OCH3 is 2. The van der Waals surface area contributed by atoms with Crippen molar-refractivity contribution in [3.05, 3.63) is 0 Å². The van der Waals surface area contributed by atoms with E-state index < -0.39 is 18.0 Å². The summed E-state index contributed by atoms with van der Waals surface area (Å²) in [6.45, 7) is 0.225. The van der Waals surface area contributed by atoms with Crippen molar-refractivity contribution in [2.45, 2.75) is 37.8 Å². The molecule has 0 saturated heterocycles. The molecule has 6 N–H and O–H groups in total. The van der Waals surface area contributed by atoms with Crippen molar-refractivity contribution >= 4 is 11.9 Å². The van der Waals surface area contributed by atoms with Crippen LogP contribution in [0.4, 0.5) is 0 Å². The van der Waals surface area contributed by atoms with E-state index in [1.54, 1.807) is 0 Å². The number of hydrogen-bond donors (Lipinski definition) is 4. The maximum Gasteiger partial charge on any atom is 0.307 e. The Kier molecular flexibility index (Phi) is 15.0. The molecule has 0 amide bonds. The second kappa shape index (κ2) is 14.2. The molecular weight excluding hydrogens is 268 g/mol. The van der Waals surface area contributed by atoms with Gasteiger partial charge in [0.1, 0.15) is 0 Å². The summed E-state index contributed by atoms with van der Waals surface area (Å²) < 4.78 is 8.73. The lowest BCUT2D eigenvalue weighted by Gasteiger charge is -2.07.